The molecule has 40 heavy (non-hydrogen) atoms. The molecule has 0 aliphatic carbocycles. The molecule has 2 bridgehead atoms. The first-order valence-corrected chi connectivity index (χ1v) is 13.2. The highest BCUT2D eigenvalue weighted by molar-refractivity contribution is 6.01. The molecule has 0 saturated carbocycles. The number of pyridine rings is 2. The van der Waals surface area contributed by atoms with E-state index in [1.807, 2.05) is 41.8 Å². The van der Waals surface area contributed by atoms with Gasteiger partial charge in [-0.25, -0.2) is 15.0 Å². The zero-order chi connectivity index (χ0) is 27.4. The molecule has 7 heterocycles. The second-order valence-electron chi connectivity index (χ2n) is 10.4. The molecule has 2 saturated heterocycles. The molecule has 1 amide bonds. The largest absolute Gasteiger partial charge is 0.427 e. The summed E-state index contributed by atoms with van der Waals surface area (Å²) in [6.07, 6.45) is 7.83. The van der Waals surface area contributed by atoms with E-state index >= 15 is 0 Å². The zero-order valence-corrected chi connectivity index (χ0v) is 22.2. The van der Waals surface area contributed by atoms with Crippen LogP contribution >= 0.6 is 0 Å². The molecule has 2 fully saturated rings. The van der Waals surface area contributed by atoms with Crippen LogP contribution in [0.15, 0.2) is 59.5 Å². The highest BCUT2D eigenvalue weighted by atomic mass is 16.4. The van der Waals surface area contributed by atoms with Crippen LogP contribution in [0.2, 0.25) is 0 Å². The predicted octanol–water partition coefficient (Wildman–Crippen LogP) is 2.80. The molecule has 0 radical (unpaired) electrons. The van der Waals surface area contributed by atoms with Crippen LogP contribution in [-0.4, -0.2) is 72.3 Å². The molecule has 0 aromatic carbocycles. The van der Waals surface area contributed by atoms with Gasteiger partial charge in [0, 0.05) is 49.3 Å². The van der Waals surface area contributed by atoms with Crippen molar-refractivity contribution in [1.29, 1.82) is 0 Å². The van der Waals surface area contributed by atoms with Crippen molar-refractivity contribution < 1.29 is 9.21 Å². The van der Waals surface area contributed by atoms with Crippen LogP contribution in [0.1, 0.15) is 34.1 Å². The van der Waals surface area contributed by atoms with Crippen molar-refractivity contribution >= 4 is 29.2 Å². The molecule has 2 aliphatic heterocycles. The number of carbonyl (C=O) groups is 1. The number of imidazole rings is 1. The Morgan fingerprint density at radius 1 is 1.12 bits per heavy atom. The number of hydrogen-bond donors (Lipinski definition) is 2. The number of hydrogen-bond acceptors (Lipinski definition) is 10. The smallest absolute Gasteiger partial charge is 0.302 e. The molecule has 2 atom stereocenters. The minimum absolute atomic E-state index is 0.0682. The van der Waals surface area contributed by atoms with Gasteiger partial charge in [-0.3, -0.25) is 20.0 Å². The Hall–Kier alpha value is -4.84. The van der Waals surface area contributed by atoms with Crippen molar-refractivity contribution in [2.24, 2.45) is 0 Å². The lowest BCUT2D eigenvalue weighted by Crippen LogP contribution is -2.44. The summed E-state index contributed by atoms with van der Waals surface area (Å²) in [6, 6.07) is 11.0. The number of anilines is 3. The highest BCUT2D eigenvalue weighted by Crippen LogP contribution is 2.34. The molecule has 202 valence electrons. The van der Waals surface area contributed by atoms with Crippen LogP contribution in [0.4, 0.5) is 17.7 Å². The van der Waals surface area contributed by atoms with Crippen LogP contribution in [0, 0.1) is 6.92 Å². The number of nitrogen functional groups attached to an aromatic ring is 1. The molecule has 2 aliphatic rings. The van der Waals surface area contributed by atoms with Gasteiger partial charge in [0.2, 0.25) is 0 Å². The van der Waals surface area contributed by atoms with E-state index in [2.05, 4.69) is 48.2 Å². The van der Waals surface area contributed by atoms with Gasteiger partial charge < -0.3 is 19.5 Å². The lowest BCUT2D eigenvalue weighted by atomic mass is 10.1. The summed E-state index contributed by atoms with van der Waals surface area (Å²) in [7, 11) is 2.19. The number of aromatic nitrogens is 6. The van der Waals surface area contributed by atoms with E-state index in [0.29, 0.717) is 35.8 Å². The average molecular weight is 537 g/mol. The first kappa shape index (κ1) is 24.2. The Labute approximate surface area is 229 Å². The molecule has 12 heteroatoms. The van der Waals surface area contributed by atoms with Gasteiger partial charge >= 0.3 is 6.01 Å². The van der Waals surface area contributed by atoms with E-state index in [1.165, 1.54) is 25.0 Å². The third kappa shape index (κ3) is 4.22. The topological polar surface area (TPSA) is 144 Å². The predicted molar refractivity (Wildman–Crippen MR) is 149 cm³/mol. The van der Waals surface area contributed by atoms with Gasteiger partial charge in [0.05, 0.1) is 24.0 Å². The SMILES string of the molecule is Cc1c(N)nc2ccc(-c3nc(NC(=O)c4cnccn4)oc3Cc3cccc(N4C[C@H]5C[C@@H]4CN5C)n3)cn12. The second kappa shape index (κ2) is 9.42. The maximum absolute atomic E-state index is 12.8. The Morgan fingerprint density at radius 2 is 2.02 bits per heavy atom. The Bertz CT molecular complexity index is 1730. The number of oxazole rings is 1. The number of piperazine rings is 1. The number of aryl methyl sites for hydroxylation is 1. The number of nitrogens with two attached hydrogens (primary N) is 1. The van der Waals surface area contributed by atoms with E-state index in [4.69, 9.17) is 15.1 Å². The van der Waals surface area contributed by atoms with Crippen molar-refractivity contribution in [3.05, 3.63) is 78.0 Å². The first-order chi connectivity index (χ1) is 19.4. The molecule has 5 aromatic rings. The lowest BCUT2D eigenvalue weighted by Gasteiger charge is -2.32. The van der Waals surface area contributed by atoms with Crippen molar-refractivity contribution in [3.8, 4) is 11.3 Å². The Balaban J connectivity index is 1.23. The minimum atomic E-state index is -0.463. The van der Waals surface area contributed by atoms with E-state index in [1.54, 1.807) is 0 Å². The first-order valence-electron chi connectivity index (χ1n) is 13.2. The van der Waals surface area contributed by atoms with Crippen LogP contribution < -0.4 is 16.0 Å². The third-order valence-electron chi connectivity index (χ3n) is 7.82. The van der Waals surface area contributed by atoms with Crippen LogP contribution in [0.3, 0.4) is 0 Å². The molecule has 0 unspecified atom stereocenters. The number of likely N-dealkylation sites (tertiary alicyclic amines) is 1. The van der Waals surface area contributed by atoms with E-state index in [-0.39, 0.29) is 11.7 Å². The summed E-state index contributed by atoms with van der Waals surface area (Å²) in [5.41, 5.74) is 10.0. The molecule has 3 N–H and O–H groups in total. The van der Waals surface area contributed by atoms with Gasteiger partial charge in [0.25, 0.3) is 5.91 Å². The maximum Gasteiger partial charge on any atom is 0.302 e. The summed E-state index contributed by atoms with van der Waals surface area (Å²) < 4.78 is 8.06. The van der Waals surface area contributed by atoms with Crippen LogP contribution in [0.25, 0.3) is 16.9 Å². The number of fused-ring (bicyclic) bond motifs is 3. The van der Waals surface area contributed by atoms with Crippen molar-refractivity contribution in [2.45, 2.75) is 31.8 Å². The molecular formula is C28H28N10O2. The summed E-state index contributed by atoms with van der Waals surface area (Å²) in [6.45, 7) is 3.95. The summed E-state index contributed by atoms with van der Waals surface area (Å²) >= 11 is 0. The molecule has 12 nitrogen and oxygen atoms in total. The minimum Gasteiger partial charge on any atom is -0.427 e. The normalized spacial score (nSPS) is 18.6. The Kier molecular flexibility index (Phi) is 5.70. The number of nitrogens with zero attached hydrogens (tertiary/aromatic N) is 8. The van der Waals surface area contributed by atoms with Gasteiger partial charge in [-0.05, 0) is 44.7 Å². The van der Waals surface area contributed by atoms with E-state index < -0.39 is 5.91 Å². The fourth-order valence-corrected chi connectivity index (χ4v) is 5.68. The number of nitrogens with one attached hydrogen (secondary N) is 1. The fourth-order valence-electron chi connectivity index (χ4n) is 5.68. The van der Waals surface area contributed by atoms with Crippen molar-refractivity contribution in [2.75, 3.05) is 36.1 Å². The van der Waals surface area contributed by atoms with E-state index in [0.717, 1.165) is 41.5 Å². The highest BCUT2D eigenvalue weighted by Gasteiger charge is 2.41. The van der Waals surface area contributed by atoms with Gasteiger partial charge in [-0.15, -0.1) is 0 Å². The van der Waals surface area contributed by atoms with Gasteiger partial charge in [-0.2, -0.15) is 4.98 Å². The monoisotopic (exact) mass is 536 g/mol. The van der Waals surface area contributed by atoms with Crippen molar-refractivity contribution in [3.63, 3.8) is 0 Å². The molecule has 5 aromatic heterocycles. The lowest BCUT2D eigenvalue weighted by molar-refractivity contribution is 0.101. The number of rotatable bonds is 6. The average Bonchev–Trinajstić information content (AvgIpc) is 3.72. The maximum atomic E-state index is 12.8. The Morgan fingerprint density at radius 3 is 2.80 bits per heavy atom. The number of likely N-dealkylation sites (N-methyl/N-ethyl adjacent to an activating group) is 1. The zero-order valence-electron chi connectivity index (χ0n) is 22.2. The van der Waals surface area contributed by atoms with Gasteiger partial charge in [0.15, 0.2) is 0 Å². The summed E-state index contributed by atoms with van der Waals surface area (Å²) in [4.78, 5) is 39.7. The van der Waals surface area contributed by atoms with Crippen LogP contribution in [-0.2, 0) is 6.42 Å². The quantitative estimate of drug-likeness (QED) is 0.332. The molecule has 0 spiro atoms. The van der Waals surface area contributed by atoms with E-state index in [9.17, 15) is 4.79 Å². The summed E-state index contributed by atoms with van der Waals surface area (Å²) in [5.74, 6) is 1.56. The molecule has 7 rings (SSSR count). The third-order valence-corrected chi connectivity index (χ3v) is 7.82. The summed E-state index contributed by atoms with van der Waals surface area (Å²) in [5, 5.41) is 2.71. The standard InChI is InChI=1S/C28H28N10O2/c1-16-26(29)33-24-7-6-17(13-37(16)24)25-22(40-28(34-25)35-27(39)21-12-30-8-9-31-21)10-18-4-3-5-23(32-18)38-15-19-11-20(38)14-36(19)2/h3-9,12-13,19-20H,10-11,14-15,29H2,1-2H3,(H,34,35,39)/t19-,20-/m1/s1. The van der Waals surface area contributed by atoms with Gasteiger partial charge in [-0.1, -0.05) is 6.07 Å². The number of carbonyl (C=O) groups excluding carboxylic acids is 1. The number of amides is 1. The van der Waals surface area contributed by atoms with Crippen LogP contribution in [0.5, 0.6) is 0 Å². The fraction of sp³-hybridized carbons (Fsp3) is 0.286. The van der Waals surface area contributed by atoms with Crippen molar-refractivity contribution in [1.82, 2.24) is 34.2 Å². The molecular weight excluding hydrogens is 508 g/mol. The second-order valence-corrected chi connectivity index (χ2v) is 10.4. The van der Waals surface area contributed by atoms with Gasteiger partial charge in [0.1, 0.15) is 34.4 Å².